The van der Waals surface area contributed by atoms with E-state index < -0.39 is 5.60 Å². The Balaban J connectivity index is 1.38. The van der Waals surface area contributed by atoms with Crippen molar-refractivity contribution in [1.82, 2.24) is 24.5 Å². The van der Waals surface area contributed by atoms with Gasteiger partial charge >= 0.3 is 0 Å². The Bertz CT molecular complexity index is 1020. The van der Waals surface area contributed by atoms with E-state index in [1.54, 1.807) is 16.9 Å². The number of carbonyl (C=O) groups is 1. The van der Waals surface area contributed by atoms with Crippen molar-refractivity contribution in [3.05, 3.63) is 65.7 Å². The molecule has 5 rings (SSSR count). The van der Waals surface area contributed by atoms with Crippen molar-refractivity contribution in [2.45, 2.75) is 38.3 Å². The van der Waals surface area contributed by atoms with Crippen LogP contribution in [-0.4, -0.2) is 50.1 Å². The zero-order valence-corrected chi connectivity index (χ0v) is 16.6. The Morgan fingerprint density at radius 3 is 2.72 bits per heavy atom. The first-order valence-corrected chi connectivity index (χ1v) is 10.3. The molecule has 0 saturated carbocycles. The van der Waals surface area contributed by atoms with Gasteiger partial charge in [0.05, 0.1) is 18.0 Å². The second-order valence-corrected chi connectivity index (χ2v) is 7.70. The molecule has 3 aromatic rings. The number of hydrogen-bond donors (Lipinski definition) is 0. The minimum absolute atomic E-state index is 0.0463. The number of fused-ring (bicyclic) bond motifs is 2. The van der Waals surface area contributed by atoms with E-state index in [9.17, 15) is 4.79 Å². The minimum Gasteiger partial charge on any atom is -0.368 e. The van der Waals surface area contributed by atoms with Crippen LogP contribution in [0.15, 0.2) is 48.8 Å². The largest absolute Gasteiger partial charge is 0.368 e. The molecule has 1 saturated heterocycles. The number of amides is 1. The predicted molar refractivity (Wildman–Crippen MR) is 108 cm³/mol. The Morgan fingerprint density at radius 2 is 1.97 bits per heavy atom. The van der Waals surface area contributed by atoms with Gasteiger partial charge in [0.1, 0.15) is 11.3 Å². The summed E-state index contributed by atoms with van der Waals surface area (Å²) in [5.41, 5.74) is 3.61. The lowest BCUT2D eigenvalue weighted by molar-refractivity contribution is -0.0964. The first-order valence-electron chi connectivity index (χ1n) is 10.3. The molecule has 0 bridgehead atoms. The Kier molecular flexibility index (Phi) is 4.47. The summed E-state index contributed by atoms with van der Waals surface area (Å²) in [6, 6.07) is 12.0. The highest BCUT2D eigenvalue weighted by Crippen LogP contribution is 2.41. The number of benzene rings is 1. The van der Waals surface area contributed by atoms with Crippen molar-refractivity contribution in [1.29, 1.82) is 0 Å². The van der Waals surface area contributed by atoms with E-state index in [2.05, 4.69) is 23.4 Å². The van der Waals surface area contributed by atoms with Crippen LogP contribution >= 0.6 is 0 Å². The van der Waals surface area contributed by atoms with Crippen molar-refractivity contribution in [2.75, 3.05) is 19.7 Å². The second kappa shape index (κ2) is 7.15. The molecule has 7 heteroatoms. The number of piperidine rings is 1. The zero-order chi connectivity index (χ0) is 19.8. The van der Waals surface area contributed by atoms with Gasteiger partial charge < -0.3 is 9.64 Å². The number of aryl methyl sites for hydroxylation is 1. The molecule has 1 amide bonds. The highest BCUT2D eigenvalue weighted by Gasteiger charge is 2.44. The molecule has 7 nitrogen and oxygen atoms in total. The molecule has 1 spiro atoms. The summed E-state index contributed by atoms with van der Waals surface area (Å²) in [6.45, 7) is 4.70. The van der Waals surface area contributed by atoms with Gasteiger partial charge in [-0.3, -0.25) is 9.48 Å². The Hall–Kier alpha value is -2.93. The molecular formula is C22H25N5O2. The van der Waals surface area contributed by atoms with Gasteiger partial charge in [0.2, 0.25) is 0 Å². The van der Waals surface area contributed by atoms with Crippen LogP contribution in [0.5, 0.6) is 0 Å². The van der Waals surface area contributed by atoms with Crippen molar-refractivity contribution in [2.24, 2.45) is 0 Å². The standard InChI is InChI=1S/C22H25N5O2/c1-2-26-19(8-12-23-26)21(28)25-13-10-22(11-14-25)20-17(9-15-29-22)16-27(24-20)18-6-4-3-5-7-18/h3-8,12,16H,2,9-11,13-15H2,1H3. The van der Waals surface area contributed by atoms with Gasteiger partial charge in [-0.25, -0.2) is 4.68 Å². The number of likely N-dealkylation sites (tertiary alicyclic amines) is 1. The summed E-state index contributed by atoms with van der Waals surface area (Å²) < 4.78 is 10.0. The van der Waals surface area contributed by atoms with Crippen LogP contribution in [0, 0.1) is 0 Å². The van der Waals surface area contributed by atoms with Crippen LogP contribution in [0.4, 0.5) is 0 Å². The summed E-state index contributed by atoms with van der Waals surface area (Å²) in [6.07, 6.45) is 6.22. The van der Waals surface area contributed by atoms with E-state index in [4.69, 9.17) is 9.84 Å². The molecule has 2 aliphatic rings. The number of ether oxygens (including phenoxy) is 1. The first-order chi connectivity index (χ1) is 14.2. The van der Waals surface area contributed by atoms with Gasteiger partial charge in [0.15, 0.2) is 0 Å². The van der Waals surface area contributed by atoms with Crippen molar-refractivity contribution in [3.63, 3.8) is 0 Å². The first kappa shape index (κ1) is 18.1. The number of para-hydroxylation sites is 1. The third-order valence-electron chi connectivity index (χ3n) is 6.09. The molecule has 29 heavy (non-hydrogen) atoms. The van der Waals surface area contributed by atoms with E-state index in [0.717, 1.165) is 30.6 Å². The van der Waals surface area contributed by atoms with Gasteiger partial charge in [-0.15, -0.1) is 0 Å². The minimum atomic E-state index is -0.393. The van der Waals surface area contributed by atoms with Gasteiger partial charge in [-0.1, -0.05) is 18.2 Å². The van der Waals surface area contributed by atoms with Crippen LogP contribution < -0.4 is 0 Å². The Labute approximate surface area is 169 Å². The number of nitrogens with zero attached hydrogens (tertiary/aromatic N) is 5. The van der Waals surface area contributed by atoms with Crippen LogP contribution in [0.2, 0.25) is 0 Å². The fourth-order valence-electron chi connectivity index (χ4n) is 4.49. The maximum Gasteiger partial charge on any atom is 0.272 e. The average molecular weight is 391 g/mol. The molecule has 1 aromatic carbocycles. The van der Waals surface area contributed by atoms with E-state index >= 15 is 0 Å². The molecule has 0 aliphatic carbocycles. The van der Waals surface area contributed by atoms with E-state index in [-0.39, 0.29) is 5.91 Å². The fraction of sp³-hybridized carbons (Fsp3) is 0.409. The summed E-state index contributed by atoms with van der Waals surface area (Å²) in [7, 11) is 0. The maximum absolute atomic E-state index is 13.0. The van der Waals surface area contributed by atoms with E-state index in [1.165, 1.54) is 5.56 Å². The fourth-order valence-corrected chi connectivity index (χ4v) is 4.49. The monoisotopic (exact) mass is 391 g/mol. The van der Waals surface area contributed by atoms with Crippen molar-refractivity contribution in [3.8, 4) is 5.69 Å². The van der Waals surface area contributed by atoms with Crippen LogP contribution in [0.25, 0.3) is 5.69 Å². The summed E-state index contributed by atoms with van der Waals surface area (Å²) in [4.78, 5) is 14.9. The normalized spacial score (nSPS) is 18.0. The van der Waals surface area contributed by atoms with Crippen molar-refractivity contribution >= 4 is 5.91 Å². The lowest BCUT2D eigenvalue weighted by Gasteiger charge is -2.42. The van der Waals surface area contributed by atoms with Gasteiger partial charge in [0, 0.05) is 32.0 Å². The molecule has 0 unspecified atom stereocenters. The highest BCUT2D eigenvalue weighted by atomic mass is 16.5. The average Bonchev–Trinajstić information content (AvgIpc) is 3.42. The van der Waals surface area contributed by atoms with E-state index in [1.807, 2.05) is 34.7 Å². The molecule has 1 fully saturated rings. The molecule has 0 radical (unpaired) electrons. The quantitative estimate of drug-likeness (QED) is 0.689. The smallest absolute Gasteiger partial charge is 0.272 e. The van der Waals surface area contributed by atoms with Gasteiger partial charge in [0.25, 0.3) is 5.91 Å². The molecule has 150 valence electrons. The molecule has 4 heterocycles. The maximum atomic E-state index is 13.0. The number of hydrogen-bond acceptors (Lipinski definition) is 4. The van der Waals surface area contributed by atoms with Crippen molar-refractivity contribution < 1.29 is 9.53 Å². The number of rotatable bonds is 3. The van der Waals surface area contributed by atoms with Crippen LogP contribution in [0.1, 0.15) is 41.5 Å². The number of carbonyl (C=O) groups excluding carboxylic acids is 1. The highest BCUT2D eigenvalue weighted by molar-refractivity contribution is 5.92. The lowest BCUT2D eigenvalue weighted by Crippen LogP contribution is -2.48. The molecule has 0 atom stereocenters. The third kappa shape index (κ3) is 3.06. The van der Waals surface area contributed by atoms with Gasteiger partial charge in [-0.05, 0) is 49.9 Å². The summed E-state index contributed by atoms with van der Waals surface area (Å²) >= 11 is 0. The predicted octanol–water partition coefficient (Wildman–Crippen LogP) is 2.79. The lowest BCUT2D eigenvalue weighted by atomic mass is 9.83. The Morgan fingerprint density at radius 1 is 1.17 bits per heavy atom. The topological polar surface area (TPSA) is 65.2 Å². The van der Waals surface area contributed by atoms with Gasteiger partial charge in [-0.2, -0.15) is 10.2 Å². The molecular weight excluding hydrogens is 366 g/mol. The second-order valence-electron chi connectivity index (χ2n) is 7.70. The molecule has 2 aliphatic heterocycles. The van der Waals surface area contributed by atoms with E-state index in [0.29, 0.717) is 31.9 Å². The third-order valence-corrected chi connectivity index (χ3v) is 6.09. The van der Waals surface area contributed by atoms with Crippen LogP contribution in [0.3, 0.4) is 0 Å². The summed E-state index contributed by atoms with van der Waals surface area (Å²) in [5.74, 6) is 0.0463. The zero-order valence-electron chi connectivity index (χ0n) is 16.6. The molecule has 2 aromatic heterocycles. The van der Waals surface area contributed by atoms with Crippen LogP contribution in [-0.2, 0) is 23.3 Å². The SMILES string of the molecule is CCn1nccc1C(=O)N1CCC2(CC1)OCCc1cn(-c3ccccc3)nc12. The number of aromatic nitrogens is 4. The molecule has 0 N–H and O–H groups in total. The summed E-state index contributed by atoms with van der Waals surface area (Å²) in [5, 5.41) is 9.15.